The van der Waals surface area contributed by atoms with Crippen LogP contribution >= 0.6 is 27.7 Å². The number of halogens is 1. The molecule has 1 aromatic rings. The Hall–Kier alpha value is -0.810. The van der Waals surface area contributed by atoms with Gasteiger partial charge in [-0.2, -0.15) is 5.10 Å². The third-order valence-electron chi connectivity index (χ3n) is 2.95. The molecule has 0 saturated heterocycles. The lowest BCUT2D eigenvalue weighted by molar-refractivity contribution is -0.113. The highest BCUT2D eigenvalue weighted by molar-refractivity contribution is 9.18. The Kier molecular flexibility index (Phi) is 4.12. The number of thioether (sulfide) groups is 1. The number of fused-ring (bicyclic) bond motifs is 1. The molecular formula is C13H15BrN2OS. The lowest BCUT2D eigenvalue weighted by atomic mass is 9.99. The van der Waals surface area contributed by atoms with Crippen molar-refractivity contribution in [2.75, 3.05) is 6.26 Å². The summed E-state index contributed by atoms with van der Waals surface area (Å²) in [5.41, 5.74) is 2.02. The molecule has 1 aromatic carbocycles. The SMILES string of the molecule is CSc1ccc2c(c1)C(C=O)N(C(C)C)N=C2Br. The third kappa shape index (κ3) is 2.34. The van der Waals surface area contributed by atoms with Gasteiger partial charge in [0.1, 0.15) is 16.9 Å². The lowest BCUT2D eigenvalue weighted by Gasteiger charge is -2.34. The minimum atomic E-state index is -0.298. The van der Waals surface area contributed by atoms with E-state index in [9.17, 15) is 4.79 Å². The number of hydrogen-bond acceptors (Lipinski definition) is 4. The van der Waals surface area contributed by atoms with Gasteiger partial charge in [-0.1, -0.05) is 6.07 Å². The summed E-state index contributed by atoms with van der Waals surface area (Å²) in [6, 6.07) is 6.02. The maximum atomic E-state index is 11.4. The Morgan fingerprint density at radius 3 is 2.78 bits per heavy atom. The number of carbonyl (C=O) groups is 1. The van der Waals surface area contributed by atoms with Crippen LogP contribution in [-0.4, -0.2) is 28.2 Å². The molecule has 1 aliphatic heterocycles. The molecule has 0 aromatic heterocycles. The Bertz CT molecular complexity index is 502. The van der Waals surface area contributed by atoms with Crippen LogP contribution in [-0.2, 0) is 4.79 Å². The normalized spacial score (nSPS) is 18.6. The predicted molar refractivity (Wildman–Crippen MR) is 79.5 cm³/mol. The van der Waals surface area contributed by atoms with Crippen molar-refractivity contribution >= 4 is 38.6 Å². The summed E-state index contributed by atoms with van der Waals surface area (Å²) in [4.78, 5) is 12.6. The van der Waals surface area contributed by atoms with Gasteiger partial charge >= 0.3 is 0 Å². The van der Waals surface area contributed by atoms with Gasteiger partial charge in [0, 0.05) is 16.5 Å². The third-order valence-corrected chi connectivity index (χ3v) is 4.26. The Morgan fingerprint density at radius 2 is 2.22 bits per heavy atom. The Morgan fingerprint density at radius 1 is 1.50 bits per heavy atom. The van der Waals surface area contributed by atoms with Crippen LogP contribution in [0.1, 0.15) is 31.0 Å². The second-order valence-corrected chi connectivity index (χ2v) is 6.03. The van der Waals surface area contributed by atoms with Gasteiger partial charge in [-0.15, -0.1) is 11.8 Å². The maximum Gasteiger partial charge on any atom is 0.148 e. The van der Waals surface area contributed by atoms with E-state index in [-0.39, 0.29) is 12.1 Å². The molecule has 0 radical (unpaired) electrons. The minimum absolute atomic E-state index is 0.179. The van der Waals surface area contributed by atoms with E-state index in [2.05, 4.69) is 27.1 Å². The molecule has 0 N–H and O–H groups in total. The van der Waals surface area contributed by atoms with Gasteiger partial charge in [-0.3, -0.25) is 5.01 Å². The van der Waals surface area contributed by atoms with Gasteiger partial charge in [0.2, 0.25) is 0 Å². The van der Waals surface area contributed by atoms with Crippen molar-refractivity contribution in [2.24, 2.45) is 5.10 Å². The largest absolute Gasteiger partial charge is 0.301 e. The van der Waals surface area contributed by atoms with Crippen molar-refractivity contribution in [1.29, 1.82) is 0 Å². The van der Waals surface area contributed by atoms with E-state index in [1.165, 1.54) is 0 Å². The summed E-state index contributed by atoms with van der Waals surface area (Å²) in [6.45, 7) is 4.06. The van der Waals surface area contributed by atoms with E-state index < -0.39 is 0 Å². The molecule has 18 heavy (non-hydrogen) atoms. The Labute approximate surface area is 120 Å². The average Bonchev–Trinajstić information content (AvgIpc) is 2.37. The van der Waals surface area contributed by atoms with Gasteiger partial charge in [0.05, 0.1) is 0 Å². The van der Waals surface area contributed by atoms with Gasteiger partial charge < -0.3 is 4.79 Å². The minimum Gasteiger partial charge on any atom is -0.301 e. The topological polar surface area (TPSA) is 32.7 Å². The van der Waals surface area contributed by atoms with Gasteiger partial charge in [-0.25, -0.2) is 0 Å². The van der Waals surface area contributed by atoms with Crippen molar-refractivity contribution in [3.63, 3.8) is 0 Å². The summed E-state index contributed by atoms with van der Waals surface area (Å²) in [7, 11) is 0. The molecule has 5 heteroatoms. The Balaban J connectivity index is 2.56. The highest BCUT2D eigenvalue weighted by Gasteiger charge is 2.29. The standard InChI is InChI=1S/C13H15BrN2OS/c1-8(2)16-12(7-17)11-6-9(18-3)4-5-10(11)13(14)15-16/h4-8,12H,1-3H3. The van der Waals surface area contributed by atoms with Crippen LogP contribution in [0.5, 0.6) is 0 Å². The van der Waals surface area contributed by atoms with Crippen molar-refractivity contribution in [2.45, 2.75) is 30.8 Å². The van der Waals surface area contributed by atoms with E-state index >= 15 is 0 Å². The zero-order valence-electron chi connectivity index (χ0n) is 10.6. The average molecular weight is 327 g/mol. The zero-order chi connectivity index (χ0) is 13.3. The molecule has 0 spiro atoms. The van der Waals surface area contributed by atoms with Crippen LogP contribution < -0.4 is 0 Å². The summed E-state index contributed by atoms with van der Waals surface area (Å²) < 4.78 is 0.789. The summed E-state index contributed by atoms with van der Waals surface area (Å²) in [5, 5.41) is 6.30. The number of nitrogens with zero attached hydrogens (tertiary/aromatic N) is 2. The quantitative estimate of drug-likeness (QED) is 0.630. The first-order valence-electron chi connectivity index (χ1n) is 5.74. The first-order valence-corrected chi connectivity index (χ1v) is 7.76. The number of rotatable bonds is 3. The highest BCUT2D eigenvalue weighted by atomic mass is 79.9. The molecule has 1 atom stereocenters. The zero-order valence-corrected chi connectivity index (χ0v) is 13.0. The fraction of sp³-hybridized carbons (Fsp3) is 0.385. The van der Waals surface area contributed by atoms with E-state index in [0.717, 1.165) is 26.9 Å². The predicted octanol–water partition coefficient (Wildman–Crippen LogP) is 3.43. The number of aldehydes is 1. The molecular weight excluding hydrogens is 312 g/mol. The van der Waals surface area contributed by atoms with E-state index in [4.69, 9.17) is 0 Å². The van der Waals surface area contributed by atoms with Crippen molar-refractivity contribution < 1.29 is 4.79 Å². The van der Waals surface area contributed by atoms with E-state index in [1.807, 2.05) is 37.2 Å². The molecule has 0 aliphatic carbocycles. The van der Waals surface area contributed by atoms with Crippen LogP contribution in [0.2, 0.25) is 0 Å². The molecule has 96 valence electrons. The first-order chi connectivity index (χ1) is 8.58. The van der Waals surface area contributed by atoms with Crippen molar-refractivity contribution in [1.82, 2.24) is 5.01 Å². The molecule has 2 rings (SSSR count). The number of hydrogen-bond donors (Lipinski definition) is 0. The van der Waals surface area contributed by atoms with Crippen LogP contribution in [0.25, 0.3) is 0 Å². The molecule has 1 aliphatic rings. The van der Waals surface area contributed by atoms with Crippen LogP contribution in [0.15, 0.2) is 28.2 Å². The van der Waals surface area contributed by atoms with Crippen LogP contribution in [0.4, 0.5) is 0 Å². The smallest absolute Gasteiger partial charge is 0.148 e. The second kappa shape index (κ2) is 5.45. The fourth-order valence-electron chi connectivity index (χ4n) is 2.03. The van der Waals surface area contributed by atoms with Gasteiger partial charge in [0.25, 0.3) is 0 Å². The van der Waals surface area contributed by atoms with Gasteiger partial charge in [0.15, 0.2) is 0 Å². The fourth-order valence-corrected chi connectivity index (χ4v) is 3.03. The van der Waals surface area contributed by atoms with E-state index in [1.54, 1.807) is 11.8 Å². The summed E-state index contributed by atoms with van der Waals surface area (Å²) in [5.74, 6) is 0. The molecule has 3 nitrogen and oxygen atoms in total. The van der Waals surface area contributed by atoms with Crippen LogP contribution in [0, 0.1) is 0 Å². The molecule has 0 saturated carbocycles. The lowest BCUT2D eigenvalue weighted by Crippen LogP contribution is -2.35. The number of benzene rings is 1. The second-order valence-electron chi connectivity index (χ2n) is 4.40. The number of hydrazone groups is 1. The molecule has 1 unspecified atom stereocenters. The highest BCUT2D eigenvalue weighted by Crippen LogP contribution is 2.33. The molecule has 1 heterocycles. The summed E-state index contributed by atoms with van der Waals surface area (Å²) >= 11 is 5.16. The monoisotopic (exact) mass is 326 g/mol. The molecule has 0 bridgehead atoms. The number of carbonyl (C=O) groups excluding carboxylic acids is 1. The van der Waals surface area contributed by atoms with Gasteiger partial charge in [-0.05, 0) is 53.7 Å². The van der Waals surface area contributed by atoms with Crippen molar-refractivity contribution in [3.8, 4) is 0 Å². The first kappa shape index (κ1) is 13.6. The molecule has 0 amide bonds. The van der Waals surface area contributed by atoms with Crippen molar-refractivity contribution in [3.05, 3.63) is 29.3 Å². The van der Waals surface area contributed by atoms with E-state index in [0.29, 0.717) is 0 Å². The summed E-state index contributed by atoms with van der Waals surface area (Å²) in [6.07, 6.45) is 3.00. The van der Waals surface area contributed by atoms with Crippen LogP contribution in [0.3, 0.4) is 0 Å². The molecule has 0 fully saturated rings. The maximum absolute atomic E-state index is 11.4.